The van der Waals surface area contributed by atoms with Crippen molar-refractivity contribution in [2.24, 2.45) is 5.73 Å². The summed E-state index contributed by atoms with van der Waals surface area (Å²) in [5.74, 6) is 0. The van der Waals surface area contributed by atoms with Crippen molar-refractivity contribution >= 4 is 10.0 Å². The molecule has 5 heteroatoms. The fourth-order valence-corrected chi connectivity index (χ4v) is 3.05. The molecule has 1 aromatic rings. The number of nitrogens with one attached hydrogen (secondary N) is 1. The molecule has 1 aliphatic carbocycles. The summed E-state index contributed by atoms with van der Waals surface area (Å²) in [7, 11) is -3.33. The van der Waals surface area contributed by atoms with Gasteiger partial charge in [-0.25, -0.2) is 13.1 Å². The van der Waals surface area contributed by atoms with Crippen LogP contribution >= 0.6 is 0 Å². The van der Waals surface area contributed by atoms with Crippen molar-refractivity contribution in [3.63, 3.8) is 0 Å². The molecule has 0 spiro atoms. The fourth-order valence-electron chi connectivity index (χ4n) is 1.74. The Morgan fingerprint density at radius 2 is 1.94 bits per heavy atom. The van der Waals surface area contributed by atoms with Crippen molar-refractivity contribution in [2.45, 2.75) is 49.6 Å². The van der Waals surface area contributed by atoms with Crippen LogP contribution in [-0.2, 0) is 16.4 Å². The van der Waals surface area contributed by atoms with Gasteiger partial charge in [0.2, 0.25) is 10.0 Å². The summed E-state index contributed by atoms with van der Waals surface area (Å²) in [5, 5.41) is 0. The van der Waals surface area contributed by atoms with E-state index in [-0.39, 0.29) is 12.1 Å². The van der Waals surface area contributed by atoms with Gasteiger partial charge in [0.05, 0.1) is 4.90 Å². The number of hydrogen-bond acceptors (Lipinski definition) is 3. The number of nitrogens with two attached hydrogens (primary N) is 1. The third-order valence-electron chi connectivity index (χ3n) is 3.16. The lowest BCUT2D eigenvalue weighted by Crippen LogP contribution is -2.25. The molecule has 1 aromatic carbocycles. The zero-order valence-electron chi connectivity index (χ0n) is 10.6. The first-order valence-corrected chi connectivity index (χ1v) is 7.86. The number of benzene rings is 1. The first-order valence-electron chi connectivity index (χ1n) is 6.38. The largest absolute Gasteiger partial charge is 0.327 e. The Labute approximate surface area is 109 Å². The minimum atomic E-state index is -3.33. The molecule has 0 aromatic heterocycles. The second-order valence-corrected chi connectivity index (χ2v) is 6.63. The molecular formula is C13H20N2O2S. The second-order valence-electron chi connectivity index (χ2n) is 4.91. The van der Waals surface area contributed by atoms with Gasteiger partial charge in [-0.2, -0.15) is 0 Å². The van der Waals surface area contributed by atoms with Gasteiger partial charge in [0.1, 0.15) is 0 Å². The molecule has 1 unspecified atom stereocenters. The van der Waals surface area contributed by atoms with Crippen molar-refractivity contribution in [3.8, 4) is 0 Å². The van der Waals surface area contributed by atoms with E-state index >= 15 is 0 Å². The molecule has 1 fully saturated rings. The van der Waals surface area contributed by atoms with E-state index in [9.17, 15) is 8.42 Å². The van der Waals surface area contributed by atoms with Crippen LogP contribution in [-0.4, -0.2) is 20.5 Å². The zero-order valence-corrected chi connectivity index (χ0v) is 11.4. The summed E-state index contributed by atoms with van der Waals surface area (Å²) >= 11 is 0. The van der Waals surface area contributed by atoms with E-state index in [1.165, 1.54) is 0 Å². The molecule has 0 heterocycles. The quantitative estimate of drug-likeness (QED) is 0.819. The molecule has 0 amide bonds. The minimum Gasteiger partial charge on any atom is -0.327 e. The maximum atomic E-state index is 11.9. The van der Waals surface area contributed by atoms with Crippen molar-refractivity contribution in [1.82, 2.24) is 4.72 Å². The van der Waals surface area contributed by atoms with Crippen LogP contribution in [0.5, 0.6) is 0 Å². The van der Waals surface area contributed by atoms with Gasteiger partial charge in [-0.3, -0.25) is 0 Å². The van der Waals surface area contributed by atoms with Gasteiger partial charge in [-0.05, 0) is 43.4 Å². The SMILES string of the molecule is CCC(N)Cc1ccc(S(=O)(=O)NC2CC2)cc1. The lowest BCUT2D eigenvalue weighted by Gasteiger charge is -2.10. The molecule has 0 aliphatic heterocycles. The average molecular weight is 268 g/mol. The van der Waals surface area contributed by atoms with Crippen LogP contribution in [0.2, 0.25) is 0 Å². The molecule has 3 N–H and O–H groups in total. The summed E-state index contributed by atoms with van der Waals surface area (Å²) in [6.07, 6.45) is 3.60. The molecule has 2 rings (SSSR count). The second kappa shape index (κ2) is 5.38. The topological polar surface area (TPSA) is 72.2 Å². The van der Waals surface area contributed by atoms with Crippen LogP contribution in [0, 0.1) is 0 Å². The molecule has 4 nitrogen and oxygen atoms in total. The third-order valence-corrected chi connectivity index (χ3v) is 4.69. The first kappa shape index (κ1) is 13.5. The Hall–Kier alpha value is -0.910. The van der Waals surface area contributed by atoms with E-state index in [1.54, 1.807) is 12.1 Å². The summed E-state index contributed by atoms with van der Waals surface area (Å²) < 4.78 is 26.5. The van der Waals surface area contributed by atoms with Gasteiger partial charge in [0, 0.05) is 12.1 Å². The predicted molar refractivity (Wildman–Crippen MR) is 71.8 cm³/mol. The lowest BCUT2D eigenvalue weighted by atomic mass is 10.1. The Morgan fingerprint density at radius 1 is 1.33 bits per heavy atom. The van der Waals surface area contributed by atoms with Crippen molar-refractivity contribution in [3.05, 3.63) is 29.8 Å². The van der Waals surface area contributed by atoms with Crippen LogP contribution < -0.4 is 10.5 Å². The van der Waals surface area contributed by atoms with E-state index in [1.807, 2.05) is 19.1 Å². The van der Waals surface area contributed by atoms with Crippen molar-refractivity contribution in [2.75, 3.05) is 0 Å². The van der Waals surface area contributed by atoms with Crippen LogP contribution in [0.1, 0.15) is 31.7 Å². The molecule has 18 heavy (non-hydrogen) atoms. The molecule has 0 bridgehead atoms. The lowest BCUT2D eigenvalue weighted by molar-refractivity contribution is 0.581. The molecule has 1 aliphatic rings. The molecule has 1 atom stereocenters. The minimum absolute atomic E-state index is 0.136. The smallest absolute Gasteiger partial charge is 0.240 e. The molecule has 100 valence electrons. The Bertz CT molecular complexity index is 492. The van der Waals surface area contributed by atoms with Gasteiger partial charge in [0.25, 0.3) is 0 Å². The van der Waals surface area contributed by atoms with E-state index in [4.69, 9.17) is 5.73 Å². The van der Waals surface area contributed by atoms with Crippen LogP contribution in [0.15, 0.2) is 29.2 Å². The van der Waals surface area contributed by atoms with E-state index in [2.05, 4.69) is 4.72 Å². The zero-order chi connectivity index (χ0) is 13.2. The summed E-state index contributed by atoms with van der Waals surface area (Å²) in [6, 6.07) is 7.28. The predicted octanol–water partition coefficient (Wildman–Crippen LogP) is 1.41. The Morgan fingerprint density at radius 3 is 2.44 bits per heavy atom. The standard InChI is InChI=1S/C13H20N2O2S/c1-2-11(14)9-10-3-7-13(8-4-10)18(16,17)15-12-5-6-12/h3-4,7-8,11-12,15H,2,5-6,9,14H2,1H3. The molecule has 0 saturated heterocycles. The van der Waals surface area contributed by atoms with Gasteiger partial charge in [-0.1, -0.05) is 19.1 Å². The maximum Gasteiger partial charge on any atom is 0.240 e. The van der Waals surface area contributed by atoms with Crippen molar-refractivity contribution in [1.29, 1.82) is 0 Å². The van der Waals surface area contributed by atoms with Crippen LogP contribution in [0.3, 0.4) is 0 Å². The number of sulfonamides is 1. The summed E-state index contributed by atoms with van der Waals surface area (Å²) in [4.78, 5) is 0.336. The Kier molecular flexibility index (Phi) is 4.04. The fraction of sp³-hybridized carbons (Fsp3) is 0.538. The van der Waals surface area contributed by atoms with Gasteiger partial charge in [-0.15, -0.1) is 0 Å². The Balaban J connectivity index is 2.06. The molecular weight excluding hydrogens is 248 g/mol. The summed E-state index contributed by atoms with van der Waals surface area (Å²) in [5.41, 5.74) is 6.95. The normalized spacial score (nSPS) is 17.7. The highest BCUT2D eigenvalue weighted by Crippen LogP contribution is 2.22. The van der Waals surface area contributed by atoms with Gasteiger partial charge >= 0.3 is 0 Å². The molecule has 1 saturated carbocycles. The van der Waals surface area contributed by atoms with E-state index < -0.39 is 10.0 Å². The van der Waals surface area contributed by atoms with Crippen LogP contribution in [0.4, 0.5) is 0 Å². The van der Waals surface area contributed by atoms with Gasteiger partial charge < -0.3 is 5.73 Å². The average Bonchev–Trinajstić information content (AvgIpc) is 3.13. The highest BCUT2D eigenvalue weighted by molar-refractivity contribution is 7.89. The maximum absolute atomic E-state index is 11.9. The number of hydrogen-bond donors (Lipinski definition) is 2. The monoisotopic (exact) mass is 268 g/mol. The summed E-state index contributed by atoms with van der Waals surface area (Å²) in [6.45, 7) is 2.04. The highest BCUT2D eigenvalue weighted by Gasteiger charge is 2.27. The molecule has 0 radical (unpaired) electrons. The van der Waals surface area contributed by atoms with E-state index in [0.29, 0.717) is 4.90 Å². The van der Waals surface area contributed by atoms with Gasteiger partial charge in [0.15, 0.2) is 0 Å². The first-order chi connectivity index (χ1) is 8.51. The van der Waals surface area contributed by atoms with Crippen molar-refractivity contribution < 1.29 is 8.42 Å². The third kappa shape index (κ3) is 3.54. The number of rotatable bonds is 6. The van der Waals surface area contributed by atoms with E-state index in [0.717, 1.165) is 31.2 Å². The highest BCUT2D eigenvalue weighted by atomic mass is 32.2. The van der Waals surface area contributed by atoms with Crippen LogP contribution in [0.25, 0.3) is 0 Å².